The highest BCUT2D eigenvalue weighted by Gasteiger charge is 2.27. The van der Waals surface area contributed by atoms with Gasteiger partial charge in [0.25, 0.3) is 5.91 Å². The molecular formula is C23H28FN3O2. The van der Waals surface area contributed by atoms with Gasteiger partial charge >= 0.3 is 0 Å². The summed E-state index contributed by atoms with van der Waals surface area (Å²) in [5.74, 6) is -0.537. The lowest BCUT2D eigenvalue weighted by molar-refractivity contribution is -0.121. The zero-order valence-electron chi connectivity index (χ0n) is 17.2. The molecule has 1 fully saturated rings. The van der Waals surface area contributed by atoms with Crippen LogP contribution >= 0.6 is 0 Å². The maximum atomic E-state index is 13.7. The summed E-state index contributed by atoms with van der Waals surface area (Å²) in [7, 11) is 0. The predicted molar refractivity (Wildman–Crippen MR) is 112 cm³/mol. The SMILES string of the molecule is Cc1ccc(NC(=O)[C@@H](C)N2CCC(NC(=O)c3ccccc3C)CC2)cc1F. The quantitative estimate of drug-likeness (QED) is 0.809. The number of halogens is 1. The van der Waals surface area contributed by atoms with Crippen LogP contribution in [0.1, 0.15) is 41.3 Å². The first-order valence-electron chi connectivity index (χ1n) is 10.0. The van der Waals surface area contributed by atoms with Crippen molar-refractivity contribution < 1.29 is 14.0 Å². The Labute approximate surface area is 171 Å². The number of hydrogen-bond donors (Lipinski definition) is 2. The second kappa shape index (κ2) is 9.18. The van der Waals surface area contributed by atoms with Gasteiger partial charge in [-0.3, -0.25) is 14.5 Å². The third-order valence-electron chi connectivity index (χ3n) is 5.62. The van der Waals surface area contributed by atoms with Gasteiger partial charge in [-0.2, -0.15) is 0 Å². The molecule has 154 valence electrons. The molecule has 2 amide bonds. The minimum absolute atomic E-state index is 0.0475. The van der Waals surface area contributed by atoms with Crippen LogP contribution in [0.3, 0.4) is 0 Å². The fourth-order valence-electron chi connectivity index (χ4n) is 3.61. The smallest absolute Gasteiger partial charge is 0.251 e. The molecule has 1 aliphatic rings. The van der Waals surface area contributed by atoms with E-state index in [1.54, 1.807) is 19.1 Å². The Morgan fingerprint density at radius 3 is 2.41 bits per heavy atom. The van der Waals surface area contributed by atoms with Crippen molar-refractivity contribution in [3.05, 3.63) is 65.0 Å². The Kier molecular flexibility index (Phi) is 6.64. The van der Waals surface area contributed by atoms with Crippen LogP contribution in [0.15, 0.2) is 42.5 Å². The molecule has 29 heavy (non-hydrogen) atoms. The molecule has 0 spiro atoms. The molecule has 2 N–H and O–H groups in total. The van der Waals surface area contributed by atoms with Crippen molar-refractivity contribution in [2.45, 2.75) is 45.7 Å². The standard InChI is InChI=1S/C23H28FN3O2/c1-15-6-4-5-7-20(15)23(29)25-18-10-12-27(13-11-18)17(3)22(28)26-19-9-8-16(2)21(24)14-19/h4-9,14,17-18H,10-13H2,1-3H3,(H,25,29)(H,26,28)/t17-/m1/s1. The second-order valence-corrected chi connectivity index (χ2v) is 7.73. The molecule has 0 radical (unpaired) electrons. The summed E-state index contributed by atoms with van der Waals surface area (Å²) in [5, 5.41) is 5.90. The number of carbonyl (C=O) groups is 2. The first-order valence-corrected chi connectivity index (χ1v) is 10.0. The third kappa shape index (κ3) is 5.21. The van der Waals surface area contributed by atoms with Gasteiger partial charge in [0.2, 0.25) is 5.91 Å². The minimum atomic E-state index is -0.333. The van der Waals surface area contributed by atoms with E-state index in [4.69, 9.17) is 0 Å². The zero-order valence-corrected chi connectivity index (χ0v) is 17.2. The number of aryl methyl sites for hydroxylation is 2. The summed E-state index contributed by atoms with van der Waals surface area (Å²) < 4.78 is 13.7. The number of anilines is 1. The fourth-order valence-corrected chi connectivity index (χ4v) is 3.61. The molecule has 0 bridgehead atoms. The summed E-state index contributed by atoms with van der Waals surface area (Å²) >= 11 is 0. The van der Waals surface area contributed by atoms with Gasteiger partial charge in [0.1, 0.15) is 5.82 Å². The van der Waals surface area contributed by atoms with E-state index in [0.29, 0.717) is 16.8 Å². The van der Waals surface area contributed by atoms with Gasteiger partial charge in [0.05, 0.1) is 6.04 Å². The Morgan fingerprint density at radius 2 is 1.76 bits per heavy atom. The van der Waals surface area contributed by atoms with E-state index in [2.05, 4.69) is 15.5 Å². The van der Waals surface area contributed by atoms with Crippen LogP contribution in [0.25, 0.3) is 0 Å². The topological polar surface area (TPSA) is 61.4 Å². The van der Waals surface area contributed by atoms with Crippen LogP contribution in [-0.4, -0.2) is 41.9 Å². The van der Waals surface area contributed by atoms with E-state index < -0.39 is 0 Å². The summed E-state index contributed by atoms with van der Waals surface area (Å²) in [6.07, 6.45) is 1.57. The number of hydrogen-bond acceptors (Lipinski definition) is 3. The minimum Gasteiger partial charge on any atom is -0.349 e. The highest BCUT2D eigenvalue weighted by molar-refractivity contribution is 5.96. The maximum Gasteiger partial charge on any atom is 0.251 e. The van der Waals surface area contributed by atoms with E-state index in [-0.39, 0.29) is 29.7 Å². The lowest BCUT2D eigenvalue weighted by Gasteiger charge is -2.35. The highest BCUT2D eigenvalue weighted by atomic mass is 19.1. The van der Waals surface area contributed by atoms with Crippen LogP contribution in [-0.2, 0) is 4.79 Å². The van der Waals surface area contributed by atoms with Crippen molar-refractivity contribution in [2.24, 2.45) is 0 Å². The van der Waals surface area contributed by atoms with Crippen LogP contribution in [0.2, 0.25) is 0 Å². The Morgan fingerprint density at radius 1 is 1.07 bits per heavy atom. The number of piperidine rings is 1. The summed E-state index contributed by atoms with van der Waals surface area (Å²) in [6, 6.07) is 12.0. The van der Waals surface area contributed by atoms with Crippen LogP contribution < -0.4 is 10.6 Å². The number of amides is 2. The Hall–Kier alpha value is -2.73. The average Bonchev–Trinajstić information content (AvgIpc) is 2.71. The number of nitrogens with one attached hydrogen (secondary N) is 2. The monoisotopic (exact) mass is 397 g/mol. The van der Waals surface area contributed by atoms with Gasteiger partial charge in [-0.15, -0.1) is 0 Å². The molecule has 0 saturated carbocycles. The van der Waals surface area contributed by atoms with Crippen molar-refractivity contribution in [3.63, 3.8) is 0 Å². The third-order valence-corrected chi connectivity index (χ3v) is 5.62. The number of benzene rings is 2. The summed E-state index contributed by atoms with van der Waals surface area (Å²) in [6.45, 7) is 6.90. The van der Waals surface area contributed by atoms with E-state index in [1.807, 2.05) is 38.1 Å². The van der Waals surface area contributed by atoms with Gasteiger partial charge in [0.15, 0.2) is 0 Å². The molecule has 3 rings (SSSR count). The molecule has 0 unspecified atom stereocenters. The Balaban J connectivity index is 1.50. The summed E-state index contributed by atoms with van der Waals surface area (Å²) in [4.78, 5) is 27.1. The highest BCUT2D eigenvalue weighted by Crippen LogP contribution is 2.18. The lowest BCUT2D eigenvalue weighted by atomic mass is 10.0. The Bertz CT molecular complexity index is 891. The van der Waals surface area contributed by atoms with Gasteiger partial charge in [-0.05, 0) is 62.9 Å². The van der Waals surface area contributed by atoms with Crippen molar-refractivity contribution in [3.8, 4) is 0 Å². The van der Waals surface area contributed by atoms with Gasteiger partial charge in [-0.25, -0.2) is 4.39 Å². The lowest BCUT2D eigenvalue weighted by Crippen LogP contribution is -2.50. The van der Waals surface area contributed by atoms with Crippen molar-refractivity contribution in [1.29, 1.82) is 0 Å². The van der Waals surface area contributed by atoms with E-state index in [1.165, 1.54) is 6.07 Å². The first kappa shape index (κ1) is 21.0. The summed E-state index contributed by atoms with van der Waals surface area (Å²) in [5.41, 5.74) is 2.67. The molecule has 1 aliphatic heterocycles. The molecule has 2 aromatic carbocycles. The largest absolute Gasteiger partial charge is 0.349 e. The predicted octanol–water partition coefficient (Wildman–Crippen LogP) is 3.66. The van der Waals surface area contributed by atoms with Crippen molar-refractivity contribution in [2.75, 3.05) is 18.4 Å². The van der Waals surface area contributed by atoms with Crippen LogP contribution in [0, 0.1) is 19.7 Å². The molecule has 0 aliphatic carbocycles. The van der Waals surface area contributed by atoms with Crippen LogP contribution in [0.5, 0.6) is 0 Å². The molecule has 0 aromatic heterocycles. The molecule has 1 atom stereocenters. The molecule has 1 heterocycles. The zero-order chi connectivity index (χ0) is 21.0. The molecule has 6 heteroatoms. The normalized spacial score (nSPS) is 16.3. The van der Waals surface area contributed by atoms with Crippen molar-refractivity contribution >= 4 is 17.5 Å². The number of likely N-dealkylation sites (tertiary alicyclic amines) is 1. The fraction of sp³-hybridized carbons (Fsp3) is 0.391. The van der Waals surface area contributed by atoms with Gasteiger partial charge in [-0.1, -0.05) is 24.3 Å². The number of carbonyl (C=O) groups excluding carboxylic acids is 2. The van der Waals surface area contributed by atoms with Crippen molar-refractivity contribution in [1.82, 2.24) is 10.2 Å². The van der Waals surface area contributed by atoms with Gasteiger partial charge in [0, 0.05) is 30.4 Å². The van der Waals surface area contributed by atoms with E-state index in [9.17, 15) is 14.0 Å². The maximum absolute atomic E-state index is 13.7. The first-order chi connectivity index (χ1) is 13.8. The van der Waals surface area contributed by atoms with Crippen LogP contribution in [0.4, 0.5) is 10.1 Å². The van der Waals surface area contributed by atoms with Gasteiger partial charge < -0.3 is 10.6 Å². The molecular weight excluding hydrogens is 369 g/mol. The molecule has 1 saturated heterocycles. The average molecular weight is 397 g/mol. The van der Waals surface area contributed by atoms with E-state index >= 15 is 0 Å². The molecule has 2 aromatic rings. The number of nitrogens with zero attached hydrogens (tertiary/aromatic N) is 1. The second-order valence-electron chi connectivity index (χ2n) is 7.73. The number of rotatable bonds is 5. The molecule has 5 nitrogen and oxygen atoms in total. The van der Waals surface area contributed by atoms with E-state index in [0.717, 1.165) is 31.5 Å².